The fourth-order valence-corrected chi connectivity index (χ4v) is 3.39. The van der Waals surface area contributed by atoms with Crippen molar-refractivity contribution in [3.63, 3.8) is 0 Å². The molecule has 1 atom stereocenters. The van der Waals surface area contributed by atoms with Crippen LogP contribution in [0.2, 0.25) is 0 Å². The van der Waals surface area contributed by atoms with E-state index in [1.165, 1.54) is 23.1 Å². The maximum Gasteiger partial charge on any atom is 0.422 e. The maximum atomic E-state index is 13.1. The van der Waals surface area contributed by atoms with Gasteiger partial charge in [0.2, 0.25) is 0 Å². The Bertz CT molecular complexity index is 1050. The summed E-state index contributed by atoms with van der Waals surface area (Å²) < 4.78 is 81.4. The molecule has 3 nitrogen and oxygen atoms in total. The minimum absolute atomic E-state index is 0.0519. The van der Waals surface area contributed by atoms with Crippen molar-refractivity contribution in [2.75, 3.05) is 18.1 Å². The first-order valence-electron chi connectivity index (χ1n) is 10.4. The van der Waals surface area contributed by atoms with Crippen molar-refractivity contribution < 1.29 is 36.2 Å². The minimum atomic E-state index is -4.82. The lowest BCUT2D eigenvalue weighted by Gasteiger charge is -2.29. The van der Waals surface area contributed by atoms with Gasteiger partial charge >= 0.3 is 12.4 Å². The second-order valence-electron chi connectivity index (χ2n) is 7.82. The molecule has 0 aliphatic rings. The number of ether oxygens (including phenoxy) is 1. The average molecular weight is 483 g/mol. The SMILES string of the molecule is OC(CN(Cc1cccc(OCC(F)(F)F)c1)c1cccc(Cc2ccccc2)c1)C(F)(F)F. The highest BCUT2D eigenvalue weighted by molar-refractivity contribution is 5.50. The van der Waals surface area contributed by atoms with Crippen LogP contribution in [-0.2, 0) is 13.0 Å². The molecule has 1 unspecified atom stereocenters. The molecule has 0 aliphatic carbocycles. The van der Waals surface area contributed by atoms with Crippen molar-refractivity contribution in [1.29, 1.82) is 0 Å². The van der Waals surface area contributed by atoms with E-state index in [1.807, 2.05) is 36.4 Å². The molecule has 1 N–H and O–H groups in total. The molecule has 34 heavy (non-hydrogen) atoms. The lowest BCUT2D eigenvalue weighted by Crippen LogP contribution is -2.40. The number of hydrogen-bond donors (Lipinski definition) is 1. The zero-order valence-corrected chi connectivity index (χ0v) is 18.0. The molecule has 9 heteroatoms. The van der Waals surface area contributed by atoms with Gasteiger partial charge < -0.3 is 14.7 Å². The number of anilines is 1. The van der Waals surface area contributed by atoms with E-state index in [2.05, 4.69) is 0 Å². The summed E-state index contributed by atoms with van der Waals surface area (Å²) in [4.78, 5) is 1.34. The summed E-state index contributed by atoms with van der Waals surface area (Å²) in [5.41, 5.74) is 2.76. The zero-order chi connectivity index (χ0) is 24.8. The third-order valence-corrected chi connectivity index (χ3v) is 4.97. The van der Waals surface area contributed by atoms with Crippen molar-refractivity contribution in [2.45, 2.75) is 31.4 Å². The molecule has 3 aromatic rings. The number of nitrogens with zero attached hydrogens (tertiary/aromatic N) is 1. The third kappa shape index (κ3) is 7.98. The fourth-order valence-electron chi connectivity index (χ4n) is 3.39. The van der Waals surface area contributed by atoms with Crippen LogP contribution in [0.15, 0.2) is 78.9 Å². The van der Waals surface area contributed by atoms with Crippen LogP contribution in [0.5, 0.6) is 5.75 Å². The quantitative estimate of drug-likeness (QED) is 0.371. The first-order chi connectivity index (χ1) is 16.0. The lowest BCUT2D eigenvalue weighted by molar-refractivity contribution is -0.200. The van der Waals surface area contributed by atoms with E-state index in [9.17, 15) is 31.4 Å². The second-order valence-corrected chi connectivity index (χ2v) is 7.82. The van der Waals surface area contributed by atoms with Crippen LogP contribution in [0.3, 0.4) is 0 Å². The largest absolute Gasteiger partial charge is 0.484 e. The molecule has 182 valence electrons. The number of aliphatic hydroxyl groups is 1. The van der Waals surface area contributed by atoms with Crippen LogP contribution >= 0.6 is 0 Å². The highest BCUT2D eigenvalue weighted by Gasteiger charge is 2.39. The first kappa shape index (κ1) is 25.4. The van der Waals surface area contributed by atoms with Gasteiger partial charge in [-0.15, -0.1) is 0 Å². The molecule has 3 aromatic carbocycles. The van der Waals surface area contributed by atoms with E-state index in [-0.39, 0.29) is 12.3 Å². The summed E-state index contributed by atoms with van der Waals surface area (Å²) in [6.45, 7) is -2.30. The van der Waals surface area contributed by atoms with Crippen molar-refractivity contribution in [1.82, 2.24) is 0 Å². The molecule has 0 radical (unpaired) electrons. The second kappa shape index (κ2) is 10.8. The smallest absolute Gasteiger partial charge is 0.422 e. The van der Waals surface area contributed by atoms with Gasteiger partial charge in [0.05, 0.1) is 6.54 Å². The van der Waals surface area contributed by atoms with Gasteiger partial charge in [0.15, 0.2) is 12.7 Å². The molecule has 0 spiro atoms. The van der Waals surface area contributed by atoms with Crippen molar-refractivity contribution in [3.05, 3.63) is 95.6 Å². The summed E-state index contributed by atoms with van der Waals surface area (Å²) in [6, 6.07) is 22.2. The number of halogens is 6. The predicted molar refractivity (Wildman–Crippen MR) is 117 cm³/mol. The Kier molecular flexibility index (Phi) is 8.09. The molecular weight excluding hydrogens is 460 g/mol. The van der Waals surface area contributed by atoms with Crippen molar-refractivity contribution in [3.8, 4) is 5.75 Å². The maximum absolute atomic E-state index is 13.1. The van der Waals surface area contributed by atoms with E-state index < -0.39 is 31.6 Å². The Morgan fingerprint density at radius 2 is 1.41 bits per heavy atom. The molecule has 0 aliphatic heterocycles. The summed E-state index contributed by atoms with van der Waals surface area (Å²) in [5, 5.41) is 9.71. The van der Waals surface area contributed by atoms with Crippen LogP contribution in [0.4, 0.5) is 32.0 Å². The van der Waals surface area contributed by atoms with Crippen LogP contribution in [-0.4, -0.2) is 36.7 Å². The Morgan fingerprint density at radius 1 is 0.765 bits per heavy atom. The molecular formula is C25H23F6NO2. The van der Waals surface area contributed by atoms with E-state index in [0.717, 1.165) is 11.1 Å². The summed E-state index contributed by atoms with van der Waals surface area (Å²) in [5.74, 6) is -0.0519. The Morgan fingerprint density at radius 3 is 2.09 bits per heavy atom. The molecule has 0 heterocycles. The van der Waals surface area contributed by atoms with Gasteiger partial charge in [-0.05, 0) is 47.4 Å². The summed E-state index contributed by atoms with van der Waals surface area (Å²) in [7, 11) is 0. The van der Waals surface area contributed by atoms with E-state index in [4.69, 9.17) is 4.74 Å². The molecule has 0 fully saturated rings. The zero-order valence-electron chi connectivity index (χ0n) is 18.0. The molecule has 0 bridgehead atoms. The lowest BCUT2D eigenvalue weighted by atomic mass is 10.0. The van der Waals surface area contributed by atoms with Gasteiger partial charge in [-0.25, -0.2) is 0 Å². The number of rotatable bonds is 9. The minimum Gasteiger partial charge on any atom is -0.484 e. The van der Waals surface area contributed by atoms with Gasteiger partial charge in [-0.1, -0.05) is 54.6 Å². The molecule has 0 aromatic heterocycles. The van der Waals surface area contributed by atoms with Gasteiger partial charge in [0, 0.05) is 12.2 Å². The van der Waals surface area contributed by atoms with Crippen LogP contribution in [0, 0.1) is 0 Å². The van der Waals surface area contributed by atoms with Gasteiger partial charge in [-0.2, -0.15) is 26.3 Å². The third-order valence-electron chi connectivity index (χ3n) is 4.97. The highest BCUT2D eigenvalue weighted by atomic mass is 19.4. The fraction of sp³-hybridized carbons (Fsp3) is 0.280. The van der Waals surface area contributed by atoms with Crippen LogP contribution in [0.25, 0.3) is 0 Å². The van der Waals surface area contributed by atoms with Gasteiger partial charge in [-0.3, -0.25) is 0 Å². The number of benzene rings is 3. The van der Waals surface area contributed by atoms with Crippen LogP contribution in [0.1, 0.15) is 16.7 Å². The van der Waals surface area contributed by atoms with E-state index >= 15 is 0 Å². The Balaban J connectivity index is 1.84. The monoisotopic (exact) mass is 483 g/mol. The molecule has 3 rings (SSSR count). The highest BCUT2D eigenvalue weighted by Crippen LogP contribution is 2.27. The van der Waals surface area contributed by atoms with Crippen LogP contribution < -0.4 is 9.64 Å². The average Bonchev–Trinajstić information content (AvgIpc) is 2.77. The predicted octanol–water partition coefficient (Wildman–Crippen LogP) is 6.15. The Labute approximate surface area is 193 Å². The number of hydrogen-bond acceptors (Lipinski definition) is 3. The summed E-state index contributed by atoms with van der Waals surface area (Å²) in [6.07, 6.45) is -11.4. The molecule has 0 amide bonds. The number of alkyl halides is 6. The standard InChI is InChI=1S/C25H23F6NO2/c26-24(27,28)17-34-22-11-5-9-20(14-22)15-32(16-23(33)25(29,30)31)21-10-4-8-19(13-21)12-18-6-2-1-3-7-18/h1-11,13-14,23,33H,12,15-17H2. The van der Waals surface area contributed by atoms with E-state index in [0.29, 0.717) is 17.7 Å². The Hall–Kier alpha value is -3.20. The molecule has 0 saturated heterocycles. The van der Waals surface area contributed by atoms with Gasteiger partial charge in [0.25, 0.3) is 0 Å². The normalized spacial score (nSPS) is 12.9. The van der Waals surface area contributed by atoms with E-state index in [1.54, 1.807) is 24.3 Å². The first-order valence-corrected chi connectivity index (χ1v) is 10.4. The van der Waals surface area contributed by atoms with Crippen molar-refractivity contribution in [2.24, 2.45) is 0 Å². The number of aliphatic hydroxyl groups excluding tert-OH is 1. The van der Waals surface area contributed by atoms with Crippen molar-refractivity contribution >= 4 is 5.69 Å². The summed E-state index contributed by atoms with van der Waals surface area (Å²) >= 11 is 0. The molecule has 0 saturated carbocycles. The van der Waals surface area contributed by atoms with Gasteiger partial charge in [0.1, 0.15) is 5.75 Å². The topological polar surface area (TPSA) is 32.7 Å².